The van der Waals surface area contributed by atoms with Crippen molar-refractivity contribution in [2.24, 2.45) is 0 Å². The van der Waals surface area contributed by atoms with E-state index in [0.717, 1.165) is 5.56 Å². The van der Waals surface area contributed by atoms with Crippen molar-refractivity contribution in [3.63, 3.8) is 0 Å². The molecule has 3 aromatic rings. The summed E-state index contributed by atoms with van der Waals surface area (Å²) >= 11 is 0. The molecule has 0 spiro atoms. The van der Waals surface area contributed by atoms with Crippen LogP contribution < -0.4 is 11.0 Å². The van der Waals surface area contributed by atoms with Gasteiger partial charge in [-0.1, -0.05) is 30.3 Å². The number of piperazine rings is 1. The molecule has 1 aliphatic heterocycles. The summed E-state index contributed by atoms with van der Waals surface area (Å²) in [5, 5.41) is 2.92. The summed E-state index contributed by atoms with van der Waals surface area (Å²) in [4.78, 5) is 46.8. The zero-order chi connectivity index (χ0) is 22.9. The minimum absolute atomic E-state index is 0.106. The van der Waals surface area contributed by atoms with Crippen LogP contribution in [0.4, 0.5) is 5.69 Å². The quantitative estimate of drug-likeness (QED) is 0.572. The summed E-state index contributed by atoms with van der Waals surface area (Å²) in [6, 6.07) is 14.7. The molecule has 4 rings (SSSR count). The maximum absolute atomic E-state index is 13.2. The average Bonchev–Trinajstić information content (AvgIpc) is 3.18. The first-order valence-electron chi connectivity index (χ1n) is 10.9. The molecule has 1 saturated heterocycles. The van der Waals surface area contributed by atoms with Crippen LogP contribution in [0.25, 0.3) is 11.0 Å². The lowest BCUT2D eigenvalue weighted by Crippen LogP contribution is -2.56. The van der Waals surface area contributed by atoms with Gasteiger partial charge in [0.1, 0.15) is 0 Å². The van der Waals surface area contributed by atoms with Gasteiger partial charge in [-0.25, -0.2) is 4.79 Å². The molecule has 0 aliphatic carbocycles. The van der Waals surface area contributed by atoms with E-state index in [1.165, 1.54) is 0 Å². The van der Waals surface area contributed by atoms with Gasteiger partial charge in [-0.2, -0.15) is 0 Å². The Morgan fingerprint density at radius 2 is 1.62 bits per heavy atom. The molecule has 2 amide bonds. The van der Waals surface area contributed by atoms with Crippen LogP contribution in [0.15, 0.2) is 53.3 Å². The van der Waals surface area contributed by atoms with Crippen molar-refractivity contribution in [3.05, 3.63) is 64.6 Å². The van der Waals surface area contributed by atoms with Crippen LogP contribution in [0.1, 0.15) is 26.3 Å². The number of nitrogens with zero attached hydrogens (tertiary/aromatic N) is 2. The molecule has 0 bridgehead atoms. The molecule has 2 aromatic carbocycles. The molecule has 1 atom stereocenters. The highest BCUT2D eigenvalue weighted by Gasteiger charge is 2.36. The first kappa shape index (κ1) is 21.8. The van der Waals surface area contributed by atoms with Gasteiger partial charge in [0.25, 0.3) is 0 Å². The van der Waals surface area contributed by atoms with Gasteiger partial charge < -0.3 is 20.2 Å². The maximum Gasteiger partial charge on any atom is 0.323 e. The number of aromatic nitrogens is 2. The van der Waals surface area contributed by atoms with E-state index in [4.69, 9.17) is 0 Å². The number of carbonyl (C=O) groups is 2. The van der Waals surface area contributed by atoms with Crippen molar-refractivity contribution in [2.75, 3.05) is 31.5 Å². The molecule has 1 fully saturated rings. The second-order valence-corrected chi connectivity index (χ2v) is 8.82. The number of aromatic amines is 2. The zero-order valence-corrected chi connectivity index (χ0v) is 18.6. The van der Waals surface area contributed by atoms with Gasteiger partial charge in [0, 0.05) is 31.9 Å². The molecular formula is C24H29N5O3. The molecule has 1 aliphatic rings. The van der Waals surface area contributed by atoms with Crippen molar-refractivity contribution < 1.29 is 9.59 Å². The molecule has 1 unspecified atom stereocenters. The van der Waals surface area contributed by atoms with Gasteiger partial charge in [0.15, 0.2) is 0 Å². The lowest BCUT2D eigenvalue weighted by molar-refractivity contribution is -0.138. The Morgan fingerprint density at radius 3 is 2.31 bits per heavy atom. The third-order valence-electron chi connectivity index (χ3n) is 6.34. The summed E-state index contributed by atoms with van der Waals surface area (Å²) in [5.74, 6) is -0.0131. The fraction of sp³-hybridized carbons (Fsp3) is 0.375. The van der Waals surface area contributed by atoms with Crippen LogP contribution in [-0.2, 0) is 15.0 Å². The van der Waals surface area contributed by atoms with Crippen LogP contribution in [0.3, 0.4) is 0 Å². The highest BCUT2D eigenvalue weighted by Crippen LogP contribution is 2.26. The fourth-order valence-corrected chi connectivity index (χ4v) is 4.21. The fourth-order valence-electron chi connectivity index (χ4n) is 4.21. The second kappa shape index (κ2) is 8.63. The molecule has 8 nitrogen and oxygen atoms in total. The molecule has 0 saturated carbocycles. The number of H-pyrrole nitrogens is 2. The van der Waals surface area contributed by atoms with E-state index in [1.54, 1.807) is 18.2 Å². The smallest absolute Gasteiger partial charge is 0.323 e. The number of hydrogen-bond donors (Lipinski definition) is 3. The van der Waals surface area contributed by atoms with Gasteiger partial charge in [0.05, 0.1) is 22.5 Å². The van der Waals surface area contributed by atoms with Gasteiger partial charge in [-0.3, -0.25) is 14.5 Å². The Labute approximate surface area is 186 Å². The Kier molecular flexibility index (Phi) is 5.88. The third-order valence-corrected chi connectivity index (χ3v) is 6.34. The van der Waals surface area contributed by atoms with E-state index in [9.17, 15) is 14.4 Å². The highest BCUT2D eigenvalue weighted by atomic mass is 16.2. The molecule has 32 heavy (non-hydrogen) atoms. The average molecular weight is 436 g/mol. The van der Waals surface area contributed by atoms with Crippen LogP contribution >= 0.6 is 0 Å². The first-order chi connectivity index (χ1) is 15.3. The SMILES string of the molecule is CC(C(=O)Nc1ccc2[nH]c(=O)[nH]c2c1)N1CCN(C(=O)C(C)(C)c2ccccc2)CC1. The number of rotatable bonds is 5. The molecule has 8 heteroatoms. The summed E-state index contributed by atoms with van der Waals surface area (Å²) in [6.07, 6.45) is 0. The standard InChI is InChI=1S/C24H29N5O3/c1-16(21(30)25-18-9-10-19-20(15-18)27-23(32)26-19)28-11-13-29(14-12-28)22(31)24(2,3)17-7-5-4-6-8-17/h4-10,15-16H,11-14H2,1-3H3,(H,25,30)(H2,26,27,32). The summed E-state index contributed by atoms with van der Waals surface area (Å²) < 4.78 is 0. The number of carbonyl (C=O) groups excluding carboxylic acids is 2. The molecule has 0 radical (unpaired) electrons. The number of fused-ring (bicyclic) bond motifs is 1. The number of amides is 2. The number of anilines is 1. The Morgan fingerprint density at radius 1 is 0.969 bits per heavy atom. The predicted molar refractivity (Wildman–Crippen MR) is 125 cm³/mol. The van der Waals surface area contributed by atoms with Gasteiger partial charge in [-0.05, 0) is 44.5 Å². The summed E-state index contributed by atoms with van der Waals surface area (Å²) in [6.45, 7) is 8.23. The summed E-state index contributed by atoms with van der Waals surface area (Å²) in [7, 11) is 0. The molecule has 168 valence electrons. The zero-order valence-electron chi connectivity index (χ0n) is 18.6. The van der Waals surface area contributed by atoms with Crippen molar-refractivity contribution >= 4 is 28.5 Å². The monoisotopic (exact) mass is 435 g/mol. The molecule has 3 N–H and O–H groups in total. The summed E-state index contributed by atoms with van der Waals surface area (Å²) in [5.41, 5.74) is 2.10. The lowest BCUT2D eigenvalue weighted by Gasteiger charge is -2.40. The van der Waals surface area contributed by atoms with Crippen molar-refractivity contribution in [1.29, 1.82) is 0 Å². The second-order valence-electron chi connectivity index (χ2n) is 8.82. The van der Waals surface area contributed by atoms with Crippen LogP contribution in [0.2, 0.25) is 0 Å². The van der Waals surface area contributed by atoms with Gasteiger partial charge in [-0.15, -0.1) is 0 Å². The molecule has 2 heterocycles. The molecule has 1 aromatic heterocycles. The molecular weight excluding hydrogens is 406 g/mol. The highest BCUT2D eigenvalue weighted by molar-refractivity contribution is 5.96. The van der Waals surface area contributed by atoms with E-state index < -0.39 is 5.41 Å². The number of hydrogen-bond acceptors (Lipinski definition) is 4. The van der Waals surface area contributed by atoms with E-state index in [-0.39, 0.29) is 23.5 Å². The largest absolute Gasteiger partial charge is 0.339 e. The number of benzene rings is 2. The maximum atomic E-state index is 13.2. The van der Waals surface area contributed by atoms with E-state index in [2.05, 4.69) is 20.2 Å². The van der Waals surface area contributed by atoms with Crippen LogP contribution in [0.5, 0.6) is 0 Å². The lowest BCUT2D eigenvalue weighted by atomic mass is 9.83. The van der Waals surface area contributed by atoms with Crippen molar-refractivity contribution in [3.8, 4) is 0 Å². The van der Waals surface area contributed by atoms with Crippen molar-refractivity contribution in [1.82, 2.24) is 19.8 Å². The third kappa shape index (κ3) is 4.31. The minimum Gasteiger partial charge on any atom is -0.339 e. The van der Waals surface area contributed by atoms with Gasteiger partial charge in [0.2, 0.25) is 11.8 Å². The predicted octanol–water partition coefficient (Wildman–Crippen LogP) is 2.31. The van der Waals surface area contributed by atoms with E-state index >= 15 is 0 Å². The normalized spacial score (nSPS) is 16.2. The first-order valence-corrected chi connectivity index (χ1v) is 10.9. The Balaban J connectivity index is 1.35. The Bertz CT molecular complexity index is 1170. The minimum atomic E-state index is -0.593. The topological polar surface area (TPSA) is 101 Å². The number of imidazole rings is 1. The van der Waals surface area contributed by atoms with Crippen LogP contribution in [-0.4, -0.2) is 63.8 Å². The number of nitrogens with one attached hydrogen (secondary N) is 3. The van der Waals surface area contributed by atoms with E-state index in [0.29, 0.717) is 42.9 Å². The van der Waals surface area contributed by atoms with Crippen molar-refractivity contribution in [2.45, 2.75) is 32.2 Å². The van der Waals surface area contributed by atoms with Crippen LogP contribution in [0, 0.1) is 0 Å². The van der Waals surface area contributed by atoms with Gasteiger partial charge >= 0.3 is 5.69 Å². The Hall–Kier alpha value is -3.39. The van der Waals surface area contributed by atoms with E-state index in [1.807, 2.05) is 56.0 Å².